The van der Waals surface area contributed by atoms with Crippen LogP contribution in [0.5, 0.6) is 5.75 Å². The highest BCUT2D eigenvalue weighted by Crippen LogP contribution is 2.27. The molecule has 1 aliphatic heterocycles. The maximum absolute atomic E-state index is 12.5. The molecule has 1 fully saturated rings. The van der Waals surface area contributed by atoms with Crippen molar-refractivity contribution in [3.05, 3.63) is 28.2 Å². The lowest BCUT2D eigenvalue weighted by Gasteiger charge is -2.36. The van der Waals surface area contributed by atoms with E-state index in [4.69, 9.17) is 9.47 Å². The quantitative estimate of drug-likeness (QED) is 0.848. The zero-order valence-electron chi connectivity index (χ0n) is 12.1. The molecule has 2 atom stereocenters. The third kappa shape index (κ3) is 3.15. The molecule has 20 heavy (non-hydrogen) atoms. The van der Waals surface area contributed by atoms with E-state index in [0.717, 1.165) is 23.2 Å². The summed E-state index contributed by atoms with van der Waals surface area (Å²) in [6.45, 7) is 3.60. The predicted molar refractivity (Wildman–Crippen MR) is 81.2 cm³/mol. The van der Waals surface area contributed by atoms with Gasteiger partial charge in [-0.05, 0) is 46.5 Å². The first-order valence-electron chi connectivity index (χ1n) is 6.72. The molecule has 0 aliphatic carbocycles. The summed E-state index contributed by atoms with van der Waals surface area (Å²) in [6.07, 6.45) is 1.09. The van der Waals surface area contributed by atoms with Crippen LogP contribution in [0, 0.1) is 5.92 Å². The summed E-state index contributed by atoms with van der Waals surface area (Å²) < 4.78 is 11.4. The fourth-order valence-corrected chi connectivity index (χ4v) is 3.05. The number of ether oxygens (including phenoxy) is 2. The smallest absolute Gasteiger partial charge is 0.253 e. The Kier molecular flexibility index (Phi) is 5.05. The molecule has 110 valence electrons. The lowest BCUT2D eigenvalue weighted by Crippen LogP contribution is -2.46. The second-order valence-electron chi connectivity index (χ2n) is 5.14. The number of piperidine rings is 1. The largest absolute Gasteiger partial charge is 0.496 e. The summed E-state index contributed by atoms with van der Waals surface area (Å²) in [5.41, 5.74) is 0.669. The summed E-state index contributed by atoms with van der Waals surface area (Å²) in [5, 5.41) is 0. The summed E-state index contributed by atoms with van der Waals surface area (Å²) >= 11 is 3.41. The number of amides is 1. The topological polar surface area (TPSA) is 38.8 Å². The molecule has 5 heteroatoms. The molecule has 0 radical (unpaired) electrons. The molecular formula is C15H20BrNO3. The van der Waals surface area contributed by atoms with Crippen molar-refractivity contribution in [2.45, 2.75) is 19.4 Å². The molecule has 0 saturated carbocycles. The molecule has 0 aromatic heterocycles. The Balaban J connectivity index is 2.13. The molecule has 1 aromatic rings. The van der Waals surface area contributed by atoms with Crippen LogP contribution in [0.3, 0.4) is 0 Å². The molecular weight excluding hydrogens is 322 g/mol. The van der Waals surface area contributed by atoms with Gasteiger partial charge in [0.1, 0.15) is 5.75 Å². The fourth-order valence-electron chi connectivity index (χ4n) is 2.51. The number of nitrogens with zero attached hydrogens (tertiary/aromatic N) is 1. The highest BCUT2D eigenvalue weighted by atomic mass is 79.9. The van der Waals surface area contributed by atoms with Crippen molar-refractivity contribution in [1.29, 1.82) is 0 Å². The molecule has 1 heterocycles. The van der Waals surface area contributed by atoms with Gasteiger partial charge in [0.15, 0.2) is 0 Å². The number of carbonyl (C=O) groups is 1. The third-order valence-corrected chi connectivity index (χ3v) is 4.50. The third-order valence-electron chi connectivity index (χ3n) is 3.88. The van der Waals surface area contributed by atoms with Crippen LogP contribution in [0.2, 0.25) is 0 Å². The van der Waals surface area contributed by atoms with Crippen molar-refractivity contribution >= 4 is 21.8 Å². The van der Waals surface area contributed by atoms with Crippen LogP contribution in [0.1, 0.15) is 23.7 Å². The number of carbonyl (C=O) groups excluding carboxylic acids is 1. The Hall–Kier alpha value is -1.07. The molecule has 2 unspecified atom stereocenters. The van der Waals surface area contributed by atoms with Crippen molar-refractivity contribution in [3.63, 3.8) is 0 Å². The highest BCUT2D eigenvalue weighted by Gasteiger charge is 2.29. The predicted octanol–water partition coefficient (Wildman–Crippen LogP) is 2.95. The van der Waals surface area contributed by atoms with Gasteiger partial charge in [0.25, 0.3) is 5.91 Å². The average Bonchev–Trinajstić information content (AvgIpc) is 2.47. The number of methoxy groups -OCH3 is 2. The molecule has 0 bridgehead atoms. The Morgan fingerprint density at radius 2 is 2.15 bits per heavy atom. The average molecular weight is 342 g/mol. The second-order valence-corrected chi connectivity index (χ2v) is 5.99. The lowest BCUT2D eigenvalue weighted by molar-refractivity contribution is -0.00156. The van der Waals surface area contributed by atoms with Crippen LogP contribution in [0.25, 0.3) is 0 Å². The maximum Gasteiger partial charge on any atom is 0.253 e. The van der Waals surface area contributed by atoms with Crippen LogP contribution in [0.15, 0.2) is 22.7 Å². The van der Waals surface area contributed by atoms with E-state index in [1.165, 1.54) is 0 Å². The molecule has 1 saturated heterocycles. The molecule has 2 rings (SSSR count). The van der Waals surface area contributed by atoms with Crippen LogP contribution in [-0.4, -0.2) is 44.2 Å². The van der Waals surface area contributed by atoms with E-state index in [1.54, 1.807) is 32.4 Å². The number of rotatable bonds is 3. The van der Waals surface area contributed by atoms with Crippen molar-refractivity contribution in [1.82, 2.24) is 4.90 Å². The number of hydrogen-bond acceptors (Lipinski definition) is 3. The van der Waals surface area contributed by atoms with E-state index in [9.17, 15) is 4.79 Å². The van der Waals surface area contributed by atoms with Crippen LogP contribution in [-0.2, 0) is 4.74 Å². The molecule has 4 nitrogen and oxygen atoms in total. The Labute approximate surface area is 128 Å². The zero-order valence-corrected chi connectivity index (χ0v) is 13.6. The van der Waals surface area contributed by atoms with Gasteiger partial charge < -0.3 is 14.4 Å². The van der Waals surface area contributed by atoms with Crippen molar-refractivity contribution < 1.29 is 14.3 Å². The summed E-state index contributed by atoms with van der Waals surface area (Å²) in [5.74, 6) is 1.26. The number of likely N-dealkylation sites (tertiary alicyclic amines) is 1. The fraction of sp³-hybridized carbons (Fsp3) is 0.533. The van der Waals surface area contributed by atoms with Crippen molar-refractivity contribution in [2.75, 3.05) is 27.3 Å². The van der Waals surface area contributed by atoms with Gasteiger partial charge in [0.2, 0.25) is 0 Å². The van der Waals surface area contributed by atoms with E-state index in [0.29, 0.717) is 18.0 Å². The van der Waals surface area contributed by atoms with E-state index in [2.05, 4.69) is 22.9 Å². The number of halogens is 1. The van der Waals surface area contributed by atoms with Crippen LogP contribution >= 0.6 is 15.9 Å². The minimum atomic E-state index is 0.0438. The highest BCUT2D eigenvalue weighted by molar-refractivity contribution is 9.10. The maximum atomic E-state index is 12.5. The van der Waals surface area contributed by atoms with E-state index in [1.807, 2.05) is 4.90 Å². The Morgan fingerprint density at radius 3 is 2.75 bits per heavy atom. The summed E-state index contributed by atoms with van der Waals surface area (Å²) in [4.78, 5) is 14.4. The Bertz CT molecular complexity index is 492. The van der Waals surface area contributed by atoms with Gasteiger partial charge in [-0.15, -0.1) is 0 Å². The van der Waals surface area contributed by atoms with Crippen molar-refractivity contribution in [3.8, 4) is 5.75 Å². The molecule has 0 spiro atoms. The first kappa shape index (κ1) is 15.3. The molecule has 1 aromatic carbocycles. The number of benzene rings is 1. The minimum Gasteiger partial charge on any atom is -0.496 e. The normalized spacial score (nSPS) is 22.7. The first-order chi connectivity index (χ1) is 9.56. The van der Waals surface area contributed by atoms with Crippen molar-refractivity contribution in [2.24, 2.45) is 5.92 Å². The SMILES string of the molecule is COc1ccc(C(=O)N2CCC(C)C(OC)C2)cc1Br. The molecule has 1 aliphatic rings. The van der Waals surface area contributed by atoms with Gasteiger partial charge in [0.05, 0.1) is 17.7 Å². The standard InChI is InChI=1S/C15H20BrNO3/c1-10-6-7-17(9-14(10)20-3)15(18)11-4-5-13(19-2)12(16)8-11/h4-5,8,10,14H,6-7,9H2,1-3H3. The minimum absolute atomic E-state index is 0.0438. The van der Waals surface area contributed by atoms with Gasteiger partial charge >= 0.3 is 0 Å². The first-order valence-corrected chi connectivity index (χ1v) is 7.51. The van der Waals surface area contributed by atoms with E-state index >= 15 is 0 Å². The summed E-state index contributed by atoms with van der Waals surface area (Å²) in [7, 11) is 3.32. The Morgan fingerprint density at radius 1 is 1.40 bits per heavy atom. The summed E-state index contributed by atoms with van der Waals surface area (Å²) in [6, 6.07) is 5.41. The van der Waals surface area contributed by atoms with E-state index < -0.39 is 0 Å². The number of hydrogen-bond donors (Lipinski definition) is 0. The molecule has 1 amide bonds. The van der Waals surface area contributed by atoms with Gasteiger partial charge in [-0.25, -0.2) is 0 Å². The molecule has 0 N–H and O–H groups in total. The van der Waals surface area contributed by atoms with Gasteiger partial charge in [-0.1, -0.05) is 6.92 Å². The van der Waals surface area contributed by atoms with Crippen LogP contribution < -0.4 is 4.74 Å². The van der Waals surface area contributed by atoms with Gasteiger partial charge in [-0.2, -0.15) is 0 Å². The van der Waals surface area contributed by atoms with Gasteiger partial charge in [0, 0.05) is 25.8 Å². The monoisotopic (exact) mass is 341 g/mol. The van der Waals surface area contributed by atoms with E-state index in [-0.39, 0.29) is 12.0 Å². The second kappa shape index (κ2) is 6.59. The lowest BCUT2D eigenvalue weighted by atomic mass is 9.95. The van der Waals surface area contributed by atoms with Crippen LogP contribution in [0.4, 0.5) is 0 Å². The van der Waals surface area contributed by atoms with Gasteiger partial charge in [-0.3, -0.25) is 4.79 Å². The zero-order chi connectivity index (χ0) is 14.7.